The fourth-order valence-electron chi connectivity index (χ4n) is 0.910. The Balaban J connectivity index is 0.00000106. The molecule has 1 aromatic rings. The zero-order chi connectivity index (χ0) is 12.8. The van der Waals surface area contributed by atoms with Gasteiger partial charge >= 0.3 is 6.18 Å². The van der Waals surface area contributed by atoms with Gasteiger partial charge in [-0.1, -0.05) is 27.7 Å². The fraction of sp³-hybridized carbons (Fsp3) is 0.800. The fourth-order valence-corrected chi connectivity index (χ4v) is 0.910. The van der Waals surface area contributed by atoms with Crippen molar-refractivity contribution < 1.29 is 13.2 Å². The summed E-state index contributed by atoms with van der Waals surface area (Å²) >= 11 is 0. The second-order valence-electron chi connectivity index (χ2n) is 3.39. The number of rotatable bonds is 3. The molecule has 0 N–H and O–H groups in total. The van der Waals surface area contributed by atoms with Crippen molar-refractivity contribution in [1.29, 1.82) is 0 Å². The lowest BCUT2D eigenvalue weighted by Gasteiger charge is -2.04. The smallest absolute Gasteiger partial charge is 0.184 e. The van der Waals surface area contributed by atoms with E-state index < -0.39 is 12.6 Å². The zero-order valence-corrected chi connectivity index (χ0v) is 10.0. The molecule has 1 aromatic heterocycles. The summed E-state index contributed by atoms with van der Waals surface area (Å²) in [6.45, 7) is 7.62. The Bertz CT molecular complexity index is 292. The van der Waals surface area contributed by atoms with Gasteiger partial charge in [0.2, 0.25) is 0 Å². The van der Waals surface area contributed by atoms with Gasteiger partial charge in [-0.05, 0) is 5.92 Å². The molecule has 1 heterocycles. The van der Waals surface area contributed by atoms with E-state index in [0.29, 0.717) is 5.69 Å². The minimum Gasteiger partial charge on any atom is -0.184 e. The van der Waals surface area contributed by atoms with Crippen molar-refractivity contribution in [2.24, 2.45) is 0 Å². The number of alkyl halides is 3. The van der Waals surface area contributed by atoms with Crippen molar-refractivity contribution in [2.75, 3.05) is 0 Å². The summed E-state index contributed by atoms with van der Waals surface area (Å²) < 4.78 is 35.5. The van der Waals surface area contributed by atoms with E-state index in [9.17, 15) is 13.2 Å². The van der Waals surface area contributed by atoms with E-state index in [4.69, 9.17) is 0 Å². The number of hydrogen-bond acceptors (Lipinski definition) is 2. The molecule has 0 aromatic carbocycles. The maximum absolute atomic E-state index is 11.8. The normalized spacial score (nSPS) is 11.2. The second-order valence-corrected chi connectivity index (χ2v) is 3.39. The van der Waals surface area contributed by atoms with E-state index in [2.05, 4.69) is 10.2 Å². The molecule has 94 valence electrons. The van der Waals surface area contributed by atoms with Gasteiger partial charge in [-0.3, -0.25) is 0 Å². The van der Waals surface area contributed by atoms with Gasteiger partial charge in [-0.25, -0.2) is 0 Å². The number of halogens is 3. The summed E-state index contributed by atoms with van der Waals surface area (Å²) in [4.78, 5) is 1.09. The second kappa shape index (κ2) is 6.50. The molecule has 0 saturated carbocycles. The number of hydrogen-bond donors (Lipinski definition) is 0. The Morgan fingerprint density at radius 3 is 2.25 bits per heavy atom. The van der Waals surface area contributed by atoms with E-state index in [0.717, 1.165) is 4.80 Å². The van der Waals surface area contributed by atoms with Crippen LogP contribution in [0.5, 0.6) is 0 Å². The van der Waals surface area contributed by atoms with Crippen molar-refractivity contribution >= 4 is 0 Å². The van der Waals surface area contributed by atoms with Gasteiger partial charge in [0.05, 0.1) is 24.9 Å². The van der Waals surface area contributed by atoms with Gasteiger partial charge in [-0.15, -0.1) is 0 Å². The highest BCUT2D eigenvalue weighted by atomic mass is 19.4. The maximum Gasteiger partial charge on any atom is 0.390 e. The van der Waals surface area contributed by atoms with Crippen LogP contribution in [-0.4, -0.2) is 21.2 Å². The van der Waals surface area contributed by atoms with Crippen LogP contribution in [0.4, 0.5) is 13.2 Å². The first-order chi connectivity index (χ1) is 7.38. The maximum atomic E-state index is 11.8. The van der Waals surface area contributed by atoms with Gasteiger partial charge in [0.15, 0.2) is 0 Å². The Hall–Kier alpha value is -1.07. The monoisotopic (exact) mass is 237 g/mol. The molecule has 0 amide bonds. The molecule has 16 heavy (non-hydrogen) atoms. The Morgan fingerprint density at radius 2 is 1.88 bits per heavy atom. The number of aromatic nitrogens is 3. The van der Waals surface area contributed by atoms with Crippen molar-refractivity contribution in [3.8, 4) is 0 Å². The van der Waals surface area contributed by atoms with Crippen LogP contribution in [-0.2, 0) is 6.54 Å². The van der Waals surface area contributed by atoms with Crippen LogP contribution >= 0.6 is 0 Å². The molecule has 0 saturated heterocycles. The molecule has 0 unspecified atom stereocenters. The molecule has 0 aliphatic rings. The number of aryl methyl sites for hydroxylation is 1. The molecule has 0 aliphatic heterocycles. The molecule has 3 nitrogen and oxygen atoms in total. The van der Waals surface area contributed by atoms with E-state index in [1.54, 1.807) is 0 Å². The average Bonchev–Trinajstić information content (AvgIpc) is 2.65. The third kappa shape index (κ3) is 5.72. The summed E-state index contributed by atoms with van der Waals surface area (Å²) in [5.41, 5.74) is 0.715. The van der Waals surface area contributed by atoms with Crippen LogP contribution in [0.15, 0.2) is 6.20 Å². The lowest BCUT2D eigenvalue weighted by Crippen LogP contribution is -2.14. The Morgan fingerprint density at radius 1 is 1.31 bits per heavy atom. The highest BCUT2D eigenvalue weighted by molar-refractivity contribution is 4.97. The van der Waals surface area contributed by atoms with E-state index in [1.165, 1.54) is 6.20 Å². The van der Waals surface area contributed by atoms with Crippen molar-refractivity contribution in [3.05, 3.63) is 11.9 Å². The molecule has 6 heteroatoms. The number of nitrogens with zero attached hydrogens (tertiary/aromatic N) is 3. The molecule has 0 spiro atoms. The highest BCUT2D eigenvalue weighted by Crippen LogP contribution is 2.20. The largest absolute Gasteiger partial charge is 0.390 e. The minimum absolute atomic E-state index is 0.189. The summed E-state index contributed by atoms with van der Waals surface area (Å²) in [7, 11) is 0. The third-order valence-corrected chi connectivity index (χ3v) is 1.74. The summed E-state index contributed by atoms with van der Waals surface area (Å²) in [5.74, 6) is 0.189. The highest BCUT2D eigenvalue weighted by Gasteiger charge is 2.27. The van der Waals surface area contributed by atoms with Gasteiger partial charge in [0.25, 0.3) is 0 Å². The Labute approximate surface area is 93.6 Å². The van der Waals surface area contributed by atoms with E-state index in [-0.39, 0.29) is 12.5 Å². The van der Waals surface area contributed by atoms with Crippen molar-refractivity contribution in [2.45, 2.75) is 52.8 Å². The van der Waals surface area contributed by atoms with Crippen LogP contribution in [0.25, 0.3) is 0 Å². The Kier molecular flexibility index (Phi) is 6.06. The van der Waals surface area contributed by atoms with Gasteiger partial charge in [0, 0.05) is 0 Å². The molecule has 0 bridgehead atoms. The SMILES string of the molecule is CC.CC(C)c1cnn(CCC(F)(F)F)n1. The minimum atomic E-state index is -4.15. The first-order valence-electron chi connectivity index (χ1n) is 5.35. The first-order valence-corrected chi connectivity index (χ1v) is 5.35. The average molecular weight is 237 g/mol. The van der Waals surface area contributed by atoms with Crippen molar-refractivity contribution in [1.82, 2.24) is 15.0 Å². The van der Waals surface area contributed by atoms with Crippen molar-refractivity contribution in [3.63, 3.8) is 0 Å². The topological polar surface area (TPSA) is 30.7 Å². The van der Waals surface area contributed by atoms with Crippen LogP contribution in [0.2, 0.25) is 0 Å². The molecule has 0 fully saturated rings. The molecular weight excluding hydrogens is 219 g/mol. The molecule has 1 rings (SSSR count). The zero-order valence-electron chi connectivity index (χ0n) is 10.0. The lowest BCUT2D eigenvalue weighted by molar-refractivity contribution is -0.137. The summed E-state index contributed by atoms with van der Waals surface area (Å²) in [5, 5.41) is 7.66. The molecular formula is C10H18F3N3. The van der Waals surface area contributed by atoms with Crippen LogP contribution in [0, 0.1) is 0 Å². The van der Waals surface area contributed by atoms with Gasteiger partial charge in [-0.2, -0.15) is 28.2 Å². The van der Waals surface area contributed by atoms with Crippen LogP contribution in [0.3, 0.4) is 0 Å². The standard InChI is InChI=1S/C8H12F3N3.C2H6/c1-6(2)7-5-12-14(13-7)4-3-8(9,10)11;1-2/h5-6H,3-4H2,1-2H3;1-2H3. The lowest BCUT2D eigenvalue weighted by atomic mass is 10.2. The van der Waals surface area contributed by atoms with E-state index in [1.807, 2.05) is 27.7 Å². The molecule has 0 aliphatic carbocycles. The molecule has 0 radical (unpaired) electrons. The van der Waals surface area contributed by atoms with E-state index >= 15 is 0 Å². The van der Waals surface area contributed by atoms with Gasteiger partial charge in [0.1, 0.15) is 0 Å². The first kappa shape index (κ1) is 14.9. The summed E-state index contributed by atoms with van der Waals surface area (Å²) in [6.07, 6.45) is -3.54. The predicted molar refractivity (Wildman–Crippen MR) is 56.1 cm³/mol. The quantitative estimate of drug-likeness (QED) is 0.806. The van der Waals surface area contributed by atoms with Crippen LogP contribution < -0.4 is 0 Å². The predicted octanol–water partition coefficient (Wildman–Crippen LogP) is 3.38. The third-order valence-electron chi connectivity index (χ3n) is 1.74. The van der Waals surface area contributed by atoms with Gasteiger partial charge < -0.3 is 0 Å². The molecule has 0 atom stereocenters. The summed E-state index contributed by atoms with van der Waals surface area (Å²) in [6, 6.07) is 0. The van der Waals surface area contributed by atoms with Crippen LogP contribution in [0.1, 0.15) is 45.7 Å².